The normalized spacial score (nSPS) is 11.3. The Morgan fingerprint density at radius 1 is 1.35 bits per heavy atom. The van der Waals surface area contributed by atoms with Gasteiger partial charge in [0.25, 0.3) is 0 Å². The zero-order chi connectivity index (χ0) is 13.4. The third-order valence-corrected chi connectivity index (χ3v) is 3.14. The molecule has 9 heteroatoms. The van der Waals surface area contributed by atoms with Crippen LogP contribution in [-0.4, -0.2) is 36.7 Å². The molecule has 1 aromatic carbocycles. The van der Waals surface area contributed by atoms with Crippen LogP contribution in [0.4, 0.5) is 3.89 Å². The Morgan fingerprint density at radius 2 is 1.88 bits per heavy atom. The largest absolute Gasteiger partial charge is 0.488 e. The highest BCUT2D eigenvalue weighted by molar-refractivity contribution is 7.86. The van der Waals surface area contributed by atoms with Gasteiger partial charge in [0.15, 0.2) is 0 Å². The molecule has 0 fully saturated rings. The van der Waals surface area contributed by atoms with E-state index >= 15 is 0 Å². The van der Waals surface area contributed by atoms with Crippen molar-refractivity contribution in [3.05, 3.63) is 23.3 Å². The summed E-state index contributed by atoms with van der Waals surface area (Å²) in [5, 5.41) is 26.6. The highest BCUT2D eigenvalue weighted by atomic mass is 32.3. The van der Waals surface area contributed by atoms with Crippen molar-refractivity contribution in [2.75, 3.05) is 0 Å². The molecule has 3 N–H and O–H groups in total. The molecule has 6 nitrogen and oxygen atoms in total. The van der Waals surface area contributed by atoms with Crippen molar-refractivity contribution < 1.29 is 32.3 Å². The molecular formula is C8H8BFO6S. The van der Waals surface area contributed by atoms with Gasteiger partial charge in [-0.3, -0.25) is 0 Å². The van der Waals surface area contributed by atoms with Gasteiger partial charge in [-0.05, 0) is 30.1 Å². The Labute approximate surface area is 96.7 Å². The summed E-state index contributed by atoms with van der Waals surface area (Å²) in [6, 6.07) is 1.50. The zero-order valence-corrected chi connectivity index (χ0v) is 9.40. The van der Waals surface area contributed by atoms with Crippen LogP contribution >= 0.6 is 0 Å². The number of aromatic carboxylic acids is 1. The van der Waals surface area contributed by atoms with Crippen LogP contribution in [0.1, 0.15) is 15.9 Å². The van der Waals surface area contributed by atoms with Crippen LogP contribution in [-0.2, 0) is 10.2 Å². The first-order chi connectivity index (χ1) is 7.64. The maximum absolute atomic E-state index is 12.9. The molecule has 0 aliphatic heterocycles. The lowest BCUT2D eigenvalue weighted by Crippen LogP contribution is -2.34. The van der Waals surface area contributed by atoms with E-state index in [-0.39, 0.29) is 11.0 Å². The highest BCUT2D eigenvalue weighted by Gasteiger charge is 2.25. The fourth-order valence-electron chi connectivity index (χ4n) is 1.35. The molecule has 0 aliphatic carbocycles. The van der Waals surface area contributed by atoms with E-state index in [0.29, 0.717) is 6.07 Å². The molecule has 92 valence electrons. The molecule has 0 aromatic heterocycles. The fraction of sp³-hybridized carbons (Fsp3) is 0.125. The molecule has 0 spiro atoms. The molecule has 0 aliphatic rings. The number of hydrogen-bond donors (Lipinski definition) is 3. The minimum absolute atomic E-state index is 0.243. The Hall–Kier alpha value is -1.45. The molecule has 1 rings (SSSR count). The molecule has 0 radical (unpaired) electrons. The number of halogens is 1. The van der Waals surface area contributed by atoms with Crippen molar-refractivity contribution in [1.82, 2.24) is 0 Å². The molecule has 0 saturated heterocycles. The predicted octanol–water partition coefficient (Wildman–Crippen LogP) is -0.969. The number of hydrogen-bond acceptors (Lipinski definition) is 5. The van der Waals surface area contributed by atoms with Crippen LogP contribution in [0, 0.1) is 6.92 Å². The average molecular weight is 262 g/mol. The topological polar surface area (TPSA) is 112 Å². The van der Waals surface area contributed by atoms with Gasteiger partial charge >= 0.3 is 23.3 Å². The Kier molecular flexibility index (Phi) is 3.55. The predicted molar refractivity (Wildman–Crippen MR) is 56.3 cm³/mol. The average Bonchev–Trinajstić information content (AvgIpc) is 2.15. The van der Waals surface area contributed by atoms with Gasteiger partial charge in [0.2, 0.25) is 0 Å². The minimum Gasteiger partial charge on any atom is -0.478 e. The molecule has 0 saturated carbocycles. The maximum Gasteiger partial charge on any atom is 0.488 e. The molecule has 0 heterocycles. The summed E-state index contributed by atoms with van der Waals surface area (Å²) in [4.78, 5) is 9.80. The van der Waals surface area contributed by atoms with Gasteiger partial charge in [-0.1, -0.05) is 0 Å². The number of carboxylic acid groups (broad SMARTS) is 1. The number of rotatable bonds is 3. The standard InChI is InChI=1S/C8H8BFO6S/c1-4-6(9(13)14)2-5(8(11)12)3-7(4)17(10,15)16/h2-3,13-14H,1H3,(H,11,12). The SMILES string of the molecule is Cc1c(B(O)O)cc(C(=O)O)cc1S(=O)(=O)F. The van der Waals surface area contributed by atoms with Crippen LogP contribution in [0.5, 0.6) is 0 Å². The summed E-state index contributed by atoms with van der Waals surface area (Å²) in [6.07, 6.45) is 0. The van der Waals surface area contributed by atoms with Crippen LogP contribution in [0.15, 0.2) is 17.0 Å². The third-order valence-electron chi connectivity index (χ3n) is 2.19. The number of carbonyl (C=O) groups is 1. The van der Waals surface area contributed by atoms with Gasteiger partial charge in [0.05, 0.1) is 5.56 Å². The maximum atomic E-state index is 12.9. The second-order valence-electron chi connectivity index (χ2n) is 3.31. The molecule has 0 atom stereocenters. The highest BCUT2D eigenvalue weighted by Crippen LogP contribution is 2.18. The lowest BCUT2D eigenvalue weighted by Gasteiger charge is -2.09. The molecule has 0 amide bonds. The second kappa shape index (κ2) is 4.44. The minimum atomic E-state index is -5.13. The van der Waals surface area contributed by atoms with Crippen LogP contribution in [0.2, 0.25) is 0 Å². The van der Waals surface area contributed by atoms with Gasteiger partial charge in [0.1, 0.15) is 4.90 Å². The van der Waals surface area contributed by atoms with Crippen molar-refractivity contribution in [2.24, 2.45) is 0 Å². The van der Waals surface area contributed by atoms with Crippen LogP contribution < -0.4 is 5.46 Å². The summed E-state index contributed by atoms with van der Waals surface area (Å²) in [5.41, 5.74) is -1.16. The van der Waals surface area contributed by atoms with Crippen LogP contribution in [0.25, 0.3) is 0 Å². The van der Waals surface area contributed by atoms with Crippen molar-refractivity contribution in [2.45, 2.75) is 11.8 Å². The number of carboxylic acids is 1. The fourth-order valence-corrected chi connectivity index (χ4v) is 2.11. The van der Waals surface area contributed by atoms with Crippen LogP contribution in [0.3, 0.4) is 0 Å². The molecule has 17 heavy (non-hydrogen) atoms. The van der Waals surface area contributed by atoms with E-state index in [2.05, 4.69) is 0 Å². The quantitative estimate of drug-likeness (QED) is 0.477. The zero-order valence-electron chi connectivity index (χ0n) is 8.58. The van der Waals surface area contributed by atoms with Gasteiger partial charge in [0, 0.05) is 0 Å². The monoisotopic (exact) mass is 262 g/mol. The smallest absolute Gasteiger partial charge is 0.478 e. The lowest BCUT2D eigenvalue weighted by atomic mass is 9.76. The van der Waals surface area contributed by atoms with E-state index in [1.807, 2.05) is 0 Å². The van der Waals surface area contributed by atoms with E-state index in [9.17, 15) is 17.1 Å². The van der Waals surface area contributed by atoms with Gasteiger partial charge in [-0.15, -0.1) is 3.89 Å². The van der Waals surface area contributed by atoms with Crippen molar-refractivity contribution in [3.63, 3.8) is 0 Å². The summed E-state index contributed by atoms with van der Waals surface area (Å²) >= 11 is 0. The van der Waals surface area contributed by atoms with Crippen molar-refractivity contribution >= 4 is 28.8 Å². The molecule has 0 bridgehead atoms. The summed E-state index contributed by atoms with van der Waals surface area (Å²) in [7, 11) is -7.22. The molecule has 1 aromatic rings. The van der Waals surface area contributed by atoms with Crippen molar-refractivity contribution in [1.29, 1.82) is 0 Å². The van der Waals surface area contributed by atoms with Gasteiger partial charge < -0.3 is 15.2 Å². The molecular weight excluding hydrogens is 254 g/mol. The first-order valence-electron chi connectivity index (χ1n) is 4.33. The van der Waals surface area contributed by atoms with E-state index < -0.39 is 33.8 Å². The second-order valence-corrected chi connectivity index (χ2v) is 4.62. The molecule has 0 unspecified atom stereocenters. The van der Waals surface area contributed by atoms with Crippen molar-refractivity contribution in [3.8, 4) is 0 Å². The van der Waals surface area contributed by atoms with E-state index in [4.69, 9.17) is 15.2 Å². The Morgan fingerprint density at radius 3 is 2.24 bits per heavy atom. The summed E-state index contributed by atoms with van der Waals surface area (Å²) in [5.74, 6) is -1.50. The van der Waals surface area contributed by atoms with E-state index in [0.717, 1.165) is 13.0 Å². The summed E-state index contributed by atoms with van der Waals surface area (Å²) < 4.78 is 34.4. The van der Waals surface area contributed by atoms with E-state index in [1.54, 1.807) is 0 Å². The Balaban J connectivity index is 3.67. The number of benzene rings is 1. The first kappa shape index (κ1) is 13.6. The Bertz CT molecular complexity index is 568. The summed E-state index contributed by atoms with van der Waals surface area (Å²) in [6.45, 7) is 1.15. The van der Waals surface area contributed by atoms with Gasteiger partial charge in [-0.25, -0.2) is 4.79 Å². The van der Waals surface area contributed by atoms with E-state index in [1.165, 1.54) is 0 Å². The first-order valence-corrected chi connectivity index (χ1v) is 5.71. The van der Waals surface area contributed by atoms with Gasteiger partial charge in [-0.2, -0.15) is 8.42 Å². The lowest BCUT2D eigenvalue weighted by molar-refractivity contribution is 0.0696. The third kappa shape index (κ3) is 2.81.